The first-order valence-corrected chi connectivity index (χ1v) is 13.6. The average Bonchev–Trinajstić information content (AvgIpc) is 3.66. The van der Waals surface area contributed by atoms with Crippen LogP contribution >= 0.6 is 15.9 Å². The van der Waals surface area contributed by atoms with E-state index in [1.165, 1.54) is 0 Å². The number of nitrogens with zero attached hydrogens (tertiary/aromatic N) is 1. The van der Waals surface area contributed by atoms with Crippen LogP contribution in [-0.4, -0.2) is 41.4 Å². The van der Waals surface area contributed by atoms with Gasteiger partial charge in [0.2, 0.25) is 13.6 Å². The number of halogens is 1. The van der Waals surface area contributed by atoms with Gasteiger partial charge in [-0.1, -0.05) is 53.9 Å². The van der Waals surface area contributed by atoms with Crippen LogP contribution in [0.1, 0.15) is 48.4 Å². The van der Waals surface area contributed by atoms with Crippen LogP contribution in [0.4, 0.5) is 5.69 Å². The molecule has 39 heavy (non-hydrogen) atoms. The van der Waals surface area contributed by atoms with Crippen molar-refractivity contribution in [3.8, 4) is 23.0 Å². The van der Waals surface area contributed by atoms with E-state index in [0.717, 1.165) is 35.0 Å². The summed E-state index contributed by atoms with van der Waals surface area (Å²) in [4.78, 5) is 15.0. The van der Waals surface area contributed by atoms with Crippen LogP contribution in [0, 0.1) is 0 Å². The number of amides is 1. The van der Waals surface area contributed by atoms with Crippen LogP contribution < -0.4 is 23.8 Å². The number of anilines is 1. The minimum absolute atomic E-state index is 0.00275. The van der Waals surface area contributed by atoms with Crippen LogP contribution in [0.3, 0.4) is 0 Å². The topological polar surface area (TPSA) is 118 Å². The largest absolute Gasteiger partial charge is 0.454 e. The molecule has 3 N–H and O–H groups in total. The second-order valence-corrected chi connectivity index (χ2v) is 10.2. The summed E-state index contributed by atoms with van der Waals surface area (Å²) in [5, 5.41) is 30.4. The number of ether oxygens (including phenoxy) is 4. The van der Waals surface area contributed by atoms with Crippen molar-refractivity contribution < 1.29 is 39.1 Å². The fraction of sp³-hybridized carbons (Fsp3) is 0.345. The first kappa shape index (κ1) is 27.3. The van der Waals surface area contributed by atoms with Gasteiger partial charge in [-0.2, -0.15) is 0 Å². The van der Waals surface area contributed by atoms with Crippen molar-refractivity contribution in [2.24, 2.45) is 0 Å². The number of rotatable bonds is 7. The van der Waals surface area contributed by atoms with Crippen molar-refractivity contribution in [3.63, 3.8) is 0 Å². The van der Waals surface area contributed by atoms with E-state index in [0.29, 0.717) is 46.2 Å². The number of carbonyl (C=O) groups is 1. The Hall–Kier alpha value is -3.31. The second kappa shape index (κ2) is 11.4. The van der Waals surface area contributed by atoms with Gasteiger partial charge >= 0.3 is 0 Å². The quantitative estimate of drug-likeness (QED) is 0.343. The molecule has 0 radical (unpaired) electrons. The van der Waals surface area contributed by atoms with Crippen molar-refractivity contribution in [2.45, 2.75) is 45.0 Å². The molecule has 1 atom stereocenters. The minimum atomic E-state index is -1.86. The number of hydrogen-bond donors (Lipinski definition) is 3. The Morgan fingerprint density at radius 1 is 0.846 bits per heavy atom. The van der Waals surface area contributed by atoms with E-state index in [-0.39, 0.29) is 26.8 Å². The Kier molecular flexibility index (Phi) is 7.99. The van der Waals surface area contributed by atoms with Crippen LogP contribution in [0.25, 0.3) is 0 Å². The smallest absolute Gasteiger partial charge is 0.268 e. The highest BCUT2D eigenvalue weighted by atomic mass is 79.9. The monoisotopic (exact) mass is 599 g/mol. The highest BCUT2D eigenvalue weighted by Gasteiger charge is 2.52. The molecule has 3 aromatic rings. The molecule has 0 aliphatic carbocycles. The van der Waals surface area contributed by atoms with Gasteiger partial charge in [-0.15, -0.1) is 0 Å². The summed E-state index contributed by atoms with van der Waals surface area (Å²) < 4.78 is 21.9. The number of unbranched alkanes of at least 4 members (excludes halogenated alkanes) is 2. The zero-order valence-corrected chi connectivity index (χ0v) is 23.1. The zero-order chi connectivity index (χ0) is 27.6. The number of hydrogen-bond acceptors (Lipinski definition) is 8. The molecule has 3 aromatic carbocycles. The molecule has 9 nitrogen and oxygen atoms in total. The van der Waals surface area contributed by atoms with E-state index in [2.05, 4.69) is 22.9 Å². The molecule has 6 rings (SSSR count). The number of benzene rings is 3. The molecule has 0 aromatic heterocycles. The van der Waals surface area contributed by atoms with E-state index in [9.17, 15) is 15.0 Å². The fourth-order valence-corrected chi connectivity index (χ4v) is 5.42. The number of fused-ring (bicyclic) bond motifs is 3. The third-order valence-electron chi connectivity index (χ3n) is 7.00. The molecule has 1 amide bonds. The van der Waals surface area contributed by atoms with Gasteiger partial charge in [0.05, 0.1) is 18.9 Å². The lowest BCUT2D eigenvalue weighted by atomic mass is 9.84. The van der Waals surface area contributed by atoms with Crippen molar-refractivity contribution >= 4 is 27.5 Å². The standard InChI is InChI=1S/C21H23NO5.C8H7BrO3/c1-2-3-6-9-22-17-8-5-4-7-15(17)21(25,20(22)24)16-11-19-18(26-13-27-19)10-14(16)12-23;9-6-2-8-7(11-4-12-8)1-5(6)3-10/h4-5,7-8,10-11,23,25H,2-3,6,9,12-13H2,1H3;1-2,10H,3-4H2. The van der Waals surface area contributed by atoms with Crippen molar-refractivity contribution in [1.82, 2.24) is 0 Å². The SMILES string of the molecule is CCCCCN1C(=O)C(O)(c2cc3c(cc2CO)OCO3)c2ccccc21.OCc1cc2c(cc1Br)OCO2. The summed E-state index contributed by atoms with van der Waals surface area (Å²) in [5.41, 5.74) is 0.967. The van der Waals surface area contributed by atoms with Gasteiger partial charge in [-0.3, -0.25) is 4.79 Å². The summed E-state index contributed by atoms with van der Waals surface area (Å²) in [7, 11) is 0. The van der Waals surface area contributed by atoms with Gasteiger partial charge in [0.1, 0.15) is 0 Å². The van der Waals surface area contributed by atoms with E-state index in [1.807, 2.05) is 12.1 Å². The van der Waals surface area contributed by atoms with Gasteiger partial charge in [0.15, 0.2) is 28.6 Å². The molecule has 0 spiro atoms. The Labute approximate surface area is 234 Å². The summed E-state index contributed by atoms with van der Waals surface area (Å²) in [6.45, 7) is 2.67. The lowest BCUT2D eigenvalue weighted by Gasteiger charge is -2.26. The highest BCUT2D eigenvalue weighted by Crippen LogP contribution is 2.48. The van der Waals surface area contributed by atoms with Gasteiger partial charge in [-0.05, 0) is 47.9 Å². The normalized spacial score (nSPS) is 18.2. The lowest BCUT2D eigenvalue weighted by molar-refractivity contribution is -0.132. The Bertz CT molecular complexity index is 1380. The van der Waals surface area contributed by atoms with Gasteiger partial charge in [-0.25, -0.2) is 0 Å². The molecule has 3 aliphatic rings. The molecule has 3 aliphatic heterocycles. The molecular weight excluding hydrogens is 570 g/mol. The molecule has 206 valence electrons. The maximum atomic E-state index is 13.4. The van der Waals surface area contributed by atoms with Crippen LogP contribution in [0.2, 0.25) is 0 Å². The van der Waals surface area contributed by atoms with Gasteiger partial charge in [0.25, 0.3) is 5.91 Å². The molecule has 1 unspecified atom stereocenters. The third kappa shape index (κ3) is 4.93. The summed E-state index contributed by atoms with van der Waals surface area (Å²) in [6.07, 6.45) is 2.92. The molecule has 0 fully saturated rings. The zero-order valence-electron chi connectivity index (χ0n) is 21.5. The van der Waals surface area contributed by atoms with Crippen LogP contribution in [-0.2, 0) is 23.6 Å². The van der Waals surface area contributed by atoms with E-state index < -0.39 is 11.5 Å². The highest BCUT2D eigenvalue weighted by molar-refractivity contribution is 9.10. The molecule has 0 saturated heterocycles. The average molecular weight is 600 g/mol. The van der Waals surface area contributed by atoms with E-state index >= 15 is 0 Å². The first-order valence-electron chi connectivity index (χ1n) is 12.8. The van der Waals surface area contributed by atoms with Crippen LogP contribution in [0.15, 0.2) is 53.0 Å². The number of aliphatic hydroxyl groups is 3. The molecule has 10 heteroatoms. The maximum absolute atomic E-state index is 13.4. The van der Waals surface area contributed by atoms with Crippen molar-refractivity contribution in [3.05, 3.63) is 75.3 Å². The van der Waals surface area contributed by atoms with Crippen LogP contribution in [0.5, 0.6) is 23.0 Å². The third-order valence-corrected chi connectivity index (χ3v) is 7.73. The number of para-hydroxylation sites is 1. The Balaban J connectivity index is 0.000000214. The van der Waals surface area contributed by atoms with E-state index in [1.54, 1.807) is 41.3 Å². The Morgan fingerprint density at radius 3 is 2.08 bits per heavy atom. The molecule has 3 heterocycles. The summed E-state index contributed by atoms with van der Waals surface area (Å²) in [5.74, 6) is 1.99. The first-order chi connectivity index (χ1) is 18.9. The van der Waals surface area contributed by atoms with Crippen molar-refractivity contribution in [1.29, 1.82) is 0 Å². The van der Waals surface area contributed by atoms with Gasteiger partial charge < -0.3 is 39.2 Å². The second-order valence-electron chi connectivity index (χ2n) is 9.37. The fourth-order valence-electron chi connectivity index (χ4n) is 4.97. The number of aliphatic hydroxyl groups excluding tert-OH is 2. The molecular formula is C29H30BrNO8. The maximum Gasteiger partial charge on any atom is 0.268 e. The molecule has 0 saturated carbocycles. The Morgan fingerprint density at radius 2 is 1.44 bits per heavy atom. The van der Waals surface area contributed by atoms with Gasteiger partial charge in [0, 0.05) is 22.1 Å². The summed E-state index contributed by atoms with van der Waals surface area (Å²) in [6, 6.07) is 14.1. The van der Waals surface area contributed by atoms with Crippen molar-refractivity contribution in [2.75, 3.05) is 25.0 Å². The summed E-state index contributed by atoms with van der Waals surface area (Å²) >= 11 is 3.31. The minimum Gasteiger partial charge on any atom is -0.454 e. The predicted molar refractivity (Wildman–Crippen MR) is 146 cm³/mol. The van der Waals surface area contributed by atoms with E-state index in [4.69, 9.17) is 24.1 Å². The predicted octanol–water partition coefficient (Wildman–Crippen LogP) is 4.35. The molecule has 0 bridgehead atoms. The lowest BCUT2D eigenvalue weighted by Crippen LogP contribution is -2.42. The number of carbonyl (C=O) groups excluding carboxylic acids is 1.